The summed E-state index contributed by atoms with van der Waals surface area (Å²) in [7, 11) is -7.15. The fourth-order valence-corrected chi connectivity index (χ4v) is 6.97. The Hall–Kier alpha value is -2.80. The number of rotatable bonds is 8. The van der Waals surface area contributed by atoms with Crippen LogP contribution in [0.15, 0.2) is 65.0 Å². The smallest absolute Gasteiger partial charge is 0.263 e. The van der Waals surface area contributed by atoms with Crippen LogP contribution in [-0.4, -0.2) is 45.1 Å². The highest BCUT2D eigenvalue weighted by Gasteiger charge is 2.24. The van der Waals surface area contributed by atoms with E-state index in [1.807, 2.05) is 0 Å². The summed E-state index contributed by atoms with van der Waals surface area (Å²) >= 11 is 1.17. The molecule has 0 radical (unpaired) electrons. The molecule has 2 aromatic carbocycles. The van der Waals surface area contributed by atoms with E-state index in [1.165, 1.54) is 46.1 Å². The van der Waals surface area contributed by atoms with E-state index in [0.717, 1.165) is 19.3 Å². The largest absolute Gasteiger partial charge is 0.322 e. The zero-order valence-corrected chi connectivity index (χ0v) is 20.6. The van der Waals surface area contributed by atoms with Crippen LogP contribution < -0.4 is 10.0 Å². The number of nitrogens with zero attached hydrogens (tertiary/aromatic N) is 2. The maximum absolute atomic E-state index is 12.6. The minimum atomic E-state index is -3.78. The number of thiazole rings is 1. The second-order valence-corrected chi connectivity index (χ2v) is 12.4. The van der Waals surface area contributed by atoms with Crippen molar-refractivity contribution < 1.29 is 21.6 Å². The average molecular weight is 521 g/mol. The molecule has 0 aliphatic carbocycles. The molecule has 0 unspecified atom stereocenters. The van der Waals surface area contributed by atoms with Crippen molar-refractivity contribution in [1.82, 2.24) is 9.29 Å². The number of benzene rings is 2. The fourth-order valence-electron chi connectivity index (χ4n) is 3.57. The van der Waals surface area contributed by atoms with Crippen LogP contribution in [0.5, 0.6) is 0 Å². The molecular weight excluding hydrogens is 496 g/mol. The first-order valence-electron chi connectivity index (χ1n) is 10.6. The zero-order chi connectivity index (χ0) is 24.2. The van der Waals surface area contributed by atoms with Gasteiger partial charge in [-0.05, 0) is 54.8 Å². The number of carbonyl (C=O) groups is 1. The van der Waals surface area contributed by atoms with E-state index in [0.29, 0.717) is 29.9 Å². The van der Waals surface area contributed by atoms with Gasteiger partial charge in [0.1, 0.15) is 0 Å². The lowest BCUT2D eigenvalue weighted by Gasteiger charge is -2.25. The van der Waals surface area contributed by atoms with Crippen molar-refractivity contribution in [3.63, 3.8) is 0 Å². The number of sulfonamides is 2. The molecular formula is C22H24N4O5S3. The van der Waals surface area contributed by atoms with E-state index in [-0.39, 0.29) is 21.7 Å². The van der Waals surface area contributed by atoms with Gasteiger partial charge >= 0.3 is 0 Å². The van der Waals surface area contributed by atoms with Gasteiger partial charge in [-0.2, -0.15) is 0 Å². The van der Waals surface area contributed by atoms with Gasteiger partial charge in [0, 0.05) is 35.9 Å². The minimum Gasteiger partial charge on any atom is -0.322 e. The summed E-state index contributed by atoms with van der Waals surface area (Å²) in [6.45, 7) is 1.12. The molecule has 0 spiro atoms. The molecule has 0 bridgehead atoms. The Bertz CT molecular complexity index is 1330. The van der Waals surface area contributed by atoms with E-state index < -0.39 is 20.0 Å². The van der Waals surface area contributed by atoms with Crippen molar-refractivity contribution in [2.45, 2.75) is 29.9 Å². The molecule has 0 saturated carbocycles. The molecule has 9 nitrogen and oxygen atoms in total. The second-order valence-electron chi connectivity index (χ2n) is 7.83. The molecule has 0 atom stereocenters. The summed E-state index contributed by atoms with van der Waals surface area (Å²) in [5.74, 6) is -0.484. The second kappa shape index (κ2) is 10.2. The van der Waals surface area contributed by atoms with Gasteiger partial charge in [-0.3, -0.25) is 9.52 Å². The topological polar surface area (TPSA) is 126 Å². The summed E-state index contributed by atoms with van der Waals surface area (Å²) in [4.78, 5) is 16.5. The van der Waals surface area contributed by atoms with E-state index in [4.69, 9.17) is 0 Å². The van der Waals surface area contributed by atoms with Gasteiger partial charge in [-0.15, -0.1) is 11.3 Å². The Labute approximate surface area is 202 Å². The predicted octanol–water partition coefficient (Wildman–Crippen LogP) is 3.51. The molecule has 1 saturated heterocycles. The van der Waals surface area contributed by atoms with Crippen LogP contribution in [0.2, 0.25) is 0 Å². The van der Waals surface area contributed by atoms with Crippen molar-refractivity contribution >= 4 is 48.1 Å². The average Bonchev–Trinajstić information content (AvgIpc) is 3.32. The first-order valence-corrected chi connectivity index (χ1v) is 14.6. The van der Waals surface area contributed by atoms with Gasteiger partial charge in [0.2, 0.25) is 10.0 Å². The van der Waals surface area contributed by atoms with Crippen LogP contribution in [-0.2, 0) is 25.8 Å². The van der Waals surface area contributed by atoms with Crippen LogP contribution in [0.3, 0.4) is 0 Å². The van der Waals surface area contributed by atoms with Crippen molar-refractivity contribution in [3.8, 4) is 0 Å². The molecule has 12 heteroatoms. The Kier molecular flexibility index (Phi) is 7.31. The van der Waals surface area contributed by atoms with E-state index in [1.54, 1.807) is 29.6 Å². The fraction of sp³-hybridized carbons (Fsp3) is 0.273. The molecule has 34 heavy (non-hydrogen) atoms. The number of piperidine rings is 1. The number of hydrogen-bond acceptors (Lipinski definition) is 7. The van der Waals surface area contributed by atoms with Gasteiger partial charge < -0.3 is 5.32 Å². The lowest BCUT2D eigenvalue weighted by molar-refractivity contribution is 0.102. The summed E-state index contributed by atoms with van der Waals surface area (Å²) in [6.07, 6.45) is 4.32. The van der Waals surface area contributed by atoms with Gasteiger partial charge in [-0.1, -0.05) is 18.6 Å². The summed E-state index contributed by atoms with van der Waals surface area (Å²) in [6, 6.07) is 12.2. The minimum absolute atomic E-state index is 0.0416. The van der Waals surface area contributed by atoms with Crippen LogP contribution >= 0.6 is 11.3 Å². The number of aromatic nitrogens is 1. The molecule has 3 aromatic rings. The Morgan fingerprint density at radius 3 is 2.24 bits per heavy atom. The number of hydrogen-bond donors (Lipinski definition) is 2. The highest BCUT2D eigenvalue weighted by atomic mass is 32.2. The predicted molar refractivity (Wildman–Crippen MR) is 132 cm³/mol. The van der Waals surface area contributed by atoms with Crippen LogP contribution in [0, 0.1) is 0 Å². The first-order chi connectivity index (χ1) is 16.2. The van der Waals surface area contributed by atoms with Gasteiger partial charge in [0.05, 0.1) is 10.6 Å². The zero-order valence-electron chi connectivity index (χ0n) is 18.2. The molecule has 4 rings (SSSR count). The maximum Gasteiger partial charge on any atom is 0.263 e. The van der Waals surface area contributed by atoms with Crippen molar-refractivity contribution in [1.29, 1.82) is 0 Å². The number of amides is 1. The third-order valence-corrected chi connectivity index (χ3v) is 9.37. The van der Waals surface area contributed by atoms with Gasteiger partial charge in [0.25, 0.3) is 15.9 Å². The van der Waals surface area contributed by atoms with Crippen molar-refractivity contribution in [2.24, 2.45) is 0 Å². The van der Waals surface area contributed by atoms with Gasteiger partial charge in [0.15, 0.2) is 5.13 Å². The van der Waals surface area contributed by atoms with Crippen molar-refractivity contribution in [3.05, 3.63) is 71.2 Å². The lowest BCUT2D eigenvalue weighted by atomic mass is 10.1. The highest BCUT2D eigenvalue weighted by molar-refractivity contribution is 7.93. The van der Waals surface area contributed by atoms with Crippen LogP contribution in [0.4, 0.5) is 10.8 Å². The summed E-state index contributed by atoms with van der Waals surface area (Å²) < 4.78 is 53.9. The number of carbonyl (C=O) groups excluding carboxylic acids is 1. The molecule has 1 amide bonds. The Balaban J connectivity index is 1.37. The van der Waals surface area contributed by atoms with Crippen LogP contribution in [0.1, 0.15) is 35.2 Å². The molecule has 1 aliphatic rings. The van der Waals surface area contributed by atoms with Crippen molar-refractivity contribution in [2.75, 3.05) is 23.1 Å². The quantitative estimate of drug-likeness (QED) is 0.468. The highest BCUT2D eigenvalue weighted by Crippen LogP contribution is 2.21. The normalized spacial score (nSPS) is 15.1. The molecule has 2 N–H and O–H groups in total. The third-order valence-electron chi connectivity index (χ3n) is 5.35. The Morgan fingerprint density at radius 2 is 1.62 bits per heavy atom. The van der Waals surface area contributed by atoms with Gasteiger partial charge in [-0.25, -0.2) is 26.1 Å². The number of anilines is 2. The van der Waals surface area contributed by atoms with Crippen LogP contribution in [0.25, 0.3) is 0 Å². The molecule has 2 heterocycles. The molecule has 180 valence electrons. The monoisotopic (exact) mass is 520 g/mol. The Morgan fingerprint density at radius 1 is 0.941 bits per heavy atom. The van der Waals surface area contributed by atoms with E-state index in [9.17, 15) is 21.6 Å². The standard InChI is InChI=1S/C22H24N4O5S3/c27-21(18-6-4-17(5-7-18)16-33(28,29)26-13-2-1-3-14-26)24-19-8-10-20(11-9-19)34(30,31)25-22-23-12-15-32-22/h4-12,15H,1-3,13-14,16H2,(H,23,25)(H,24,27). The lowest BCUT2D eigenvalue weighted by Crippen LogP contribution is -2.36. The molecule has 1 aliphatic heterocycles. The van der Waals surface area contributed by atoms with E-state index >= 15 is 0 Å². The third kappa shape index (κ3) is 6.00. The maximum atomic E-state index is 12.6. The molecule has 1 fully saturated rings. The number of nitrogens with one attached hydrogen (secondary N) is 2. The first kappa shape index (κ1) is 24.3. The molecule has 1 aromatic heterocycles. The SMILES string of the molecule is O=C(Nc1ccc(S(=O)(=O)Nc2nccs2)cc1)c1ccc(CS(=O)(=O)N2CCCCC2)cc1. The van der Waals surface area contributed by atoms with E-state index in [2.05, 4.69) is 15.0 Å². The summed E-state index contributed by atoms with van der Waals surface area (Å²) in [5, 5.41) is 4.64. The summed E-state index contributed by atoms with van der Waals surface area (Å²) in [5.41, 5.74) is 1.40.